The van der Waals surface area contributed by atoms with Gasteiger partial charge in [-0.1, -0.05) is 55.3 Å². The van der Waals surface area contributed by atoms with Crippen LogP contribution in [0, 0.1) is 5.92 Å². The lowest BCUT2D eigenvalue weighted by molar-refractivity contribution is 0.282. The predicted molar refractivity (Wildman–Crippen MR) is 130 cm³/mol. The summed E-state index contributed by atoms with van der Waals surface area (Å²) < 4.78 is 5.69. The average Bonchev–Trinajstić information content (AvgIpc) is 3.02. The molecule has 0 aliphatic carbocycles. The van der Waals surface area contributed by atoms with Crippen molar-refractivity contribution in [1.29, 1.82) is 0 Å². The van der Waals surface area contributed by atoms with Crippen molar-refractivity contribution in [2.45, 2.75) is 64.8 Å². The standard InChI is InChI=1S/C27H37N3O/c1-3-21(15-17-30(2)20-22-10-5-4-6-11-22)12-9-14-25-24-19-26-23(13-7-8-16-28-26)18-27(24)31-29-25/h4-6,10-11,18-19,21,28H,3,7-9,12-17,20H2,1-2H3. The molecule has 3 aromatic rings. The summed E-state index contributed by atoms with van der Waals surface area (Å²) >= 11 is 0. The molecule has 0 spiro atoms. The van der Waals surface area contributed by atoms with Crippen molar-refractivity contribution in [3.8, 4) is 0 Å². The Morgan fingerprint density at radius 1 is 1.13 bits per heavy atom. The molecule has 1 atom stereocenters. The summed E-state index contributed by atoms with van der Waals surface area (Å²) in [5.74, 6) is 0.773. The van der Waals surface area contributed by atoms with E-state index in [0.717, 1.165) is 49.7 Å². The van der Waals surface area contributed by atoms with Gasteiger partial charge in [-0.3, -0.25) is 0 Å². The molecule has 2 heterocycles. The highest BCUT2D eigenvalue weighted by Gasteiger charge is 2.15. The Hall–Kier alpha value is -2.33. The summed E-state index contributed by atoms with van der Waals surface area (Å²) in [5, 5.41) is 9.21. The van der Waals surface area contributed by atoms with E-state index in [9.17, 15) is 0 Å². The van der Waals surface area contributed by atoms with Crippen molar-refractivity contribution >= 4 is 16.7 Å². The molecule has 0 saturated carbocycles. The number of fused-ring (bicyclic) bond motifs is 2. The third-order valence-corrected chi connectivity index (χ3v) is 6.78. The Balaban J connectivity index is 1.27. The van der Waals surface area contributed by atoms with Gasteiger partial charge in [-0.15, -0.1) is 0 Å². The van der Waals surface area contributed by atoms with E-state index in [1.807, 2.05) is 0 Å². The number of aryl methyl sites for hydroxylation is 2. The number of hydrogen-bond donors (Lipinski definition) is 1. The van der Waals surface area contributed by atoms with E-state index >= 15 is 0 Å². The van der Waals surface area contributed by atoms with Crippen molar-refractivity contribution < 1.29 is 4.52 Å². The minimum Gasteiger partial charge on any atom is -0.385 e. The highest BCUT2D eigenvalue weighted by molar-refractivity contribution is 5.85. The van der Waals surface area contributed by atoms with Gasteiger partial charge in [0.15, 0.2) is 5.58 Å². The molecule has 0 saturated heterocycles. The van der Waals surface area contributed by atoms with Crippen molar-refractivity contribution in [2.75, 3.05) is 25.5 Å². The number of nitrogens with zero attached hydrogens (tertiary/aromatic N) is 2. The van der Waals surface area contributed by atoms with Gasteiger partial charge >= 0.3 is 0 Å². The maximum absolute atomic E-state index is 5.69. The number of benzene rings is 2. The van der Waals surface area contributed by atoms with E-state index in [-0.39, 0.29) is 0 Å². The highest BCUT2D eigenvalue weighted by atomic mass is 16.5. The van der Waals surface area contributed by atoms with Crippen molar-refractivity contribution in [3.63, 3.8) is 0 Å². The molecule has 1 N–H and O–H groups in total. The number of rotatable bonds is 10. The molecule has 0 radical (unpaired) electrons. The summed E-state index contributed by atoms with van der Waals surface area (Å²) in [6, 6.07) is 15.2. The highest BCUT2D eigenvalue weighted by Crippen LogP contribution is 2.30. The molecule has 2 aromatic carbocycles. The van der Waals surface area contributed by atoms with Gasteiger partial charge in [0.05, 0.1) is 5.69 Å². The van der Waals surface area contributed by atoms with Crippen LogP contribution in [0.1, 0.15) is 62.3 Å². The van der Waals surface area contributed by atoms with E-state index in [1.54, 1.807) is 0 Å². The fourth-order valence-electron chi connectivity index (χ4n) is 4.78. The average molecular weight is 420 g/mol. The predicted octanol–water partition coefficient (Wildman–Crippen LogP) is 6.45. The van der Waals surface area contributed by atoms with Crippen molar-refractivity contribution in [2.24, 2.45) is 5.92 Å². The van der Waals surface area contributed by atoms with Gasteiger partial charge in [0, 0.05) is 24.2 Å². The molecule has 4 heteroatoms. The first-order valence-electron chi connectivity index (χ1n) is 12.1. The van der Waals surface area contributed by atoms with Crippen LogP contribution in [0.3, 0.4) is 0 Å². The third-order valence-electron chi connectivity index (χ3n) is 6.78. The van der Waals surface area contributed by atoms with Gasteiger partial charge in [0.2, 0.25) is 0 Å². The molecule has 1 unspecified atom stereocenters. The molecular weight excluding hydrogens is 382 g/mol. The van der Waals surface area contributed by atoms with Crippen LogP contribution in [0.15, 0.2) is 47.0 Å². The summed E-state index contributed by atoms with van der Waals surface area (Å²) in [5.41, 5.74) is 6.12. The monoisotopic (exact) mass is 419 g/mol. The second-order valence-corrected chi connectivity index (χ2v) is 9.20. The number of aromatic nitrogens is 1. The van der Waals surface area contributed by atoms with Crippen molar-refractivity contribution in [3.05, 3.63) is 59.3 Å². The third kappa shape index (κ3) is 5.88. The molecule has 1 aromatic heterocycles. The number of nitrogens with one attached hydrogen (secondary N) is 1. The summed E-state index contributed by atoms with van der Waals surface area (Å²) in [6.07, 6.45) is 9.55. The zero-order valence-corrected chi connectivity index (χ0v) is 19.2. The first-order valence-corrected chi connectivity index (χ1v) is 12.1. The van der Waals surface area contributed by atoms with Gasteiger partial charge < -0.3 is 14.7 Å². The molecule has 0 amide bonds. The van der Waals surface area contributed by atoms with Crippen molar-refractivity contribution in [1.82, 2.24) is 10.1 Å². The van der Waals surface area contributed by atoms with E-state index in [0.29, 0.717) is 0 Å². The molecule has 1 aliphatic rings. The zero-order chi connectivity index (χ0) is 21.5. The normalized spacial score (nSPS) is 14.9. The zero-order valence-electron chi connectivity index (χ0n) is 19.2. The van der Waals surface area contributed by atoms with Gasteiger partial charge in [0.1, 0.15) is 0 Å². The van der Waals surface area contributed by atoms with Crippen LogP contribution in [0.25, 0.3) is 11.0 Å². The Bertz CT molecular complexity index is 950. The lowest BCUT2D eigenvalue weighted by Gasteiger charge is -2.21. The molecule has 0 bridgehead atoms. The molecule has 4 rings (SSSR count). The first kappa shape index (κ1) is 21.9. The maximum Gasteiger partial charge on any atom is 0.167 e. The summed E-state index contributed by atoms with van der Waals surface area (Å²) in [7, 11) is 2.23. The molecule has 1 aliphatic heterocycles. The Morgan fingerprint density at radius 3 is 2.84 bits per heavy atom. The van der Waals surface area contributed by atoms with Gasteiger partial charge in [-0.2, -0.15) is 0 Å². The lowest BCUT2D eigenvalue weighted by Crippen LogP contribution is -2.21. The number of anilines is 1. The first-order chi connectivity index (χ1) is 15.2. The maximum atomic E-state index is 5.69. The van der Waals surface area contributed by atoms with Crippen LogP contribution < -0.4 is 5.32 Å². The largest absolute Gasteiger partial charge is 0.385 e. The lowest BCUT2D eigenvalue weighted by atomic mass is 9.94. The van der Waals surface area contributed by atoms with Crippen LogP contribution in [0.4, 0.5) is 5.69 Å². The quantitative estimate of drug-likeness (QED) is 0.410. The van der Waals surface area contributed by atoms with E-state index in [1.165, 1.54) is 60.7 Å². The second-order valence-electron chi connectivity index (χ2n) is 9.20. The molecule has 4 nitrogen and oxygen atoms in total. The fourth-order valence-corrected chi connectivity index (χ4v) is 4.78. The van der Waals surface area contributed by atoms with Crippen LogP contribution in [0.5, 0.6) is 0 Å². The van der Waals surface area contributed by atoms with Crippen LogP contribution in [-0.4, -0.2) is 30.2 Å². The molecular formula is C27H37N3O. The Kier molecular flexibility index (Phi) is 7.63. The smallest absolute Gasteiger partial charge is 0.167 e. The molecule has 31 heavy (non-hydrogen) atoms. The number of hydrogen-bond acceptors (Lipinski definition) is 4. The molecule has 166 valence electrons. The van der Waals surface area contributed by atoms with E-state index in [4.69, 9.17) is 4.52 Å². The van der Waals surface area contributed by atoms with Crippen LogP contribution in [-0.2, 0) is 19.4 Å². The summed E-state index contributed by atoms with van der Waals surface area (Å²) in [6.45, 7) is 5.57. The SMILES string of the molecule is CCC(CCCc1noc2cc3c(cc12)NCCCC3)CCN(C)Cc1ccccc1. The summed E-state index contributed by atoms with van der Waals surface area (Å²) in [4.78, 5) is 2.45. The fraction of sp³-hybridized carbons (Fsp3) is 0.519. The van der Waals surface area contributed by atoms with Gasteiger partial charge in [-0.05, 0) is 81.3 Å². The van der Waals surface area contributed by atoms with E-state index in [2.05, 4.69) is 71.8 Å². The van der Waals surface area contributed by atoms with E-state index < -0.39 is 0 Å². The van der Waals surface area contributed by atoms with Crippen LogP contribution >= 0.6 is 0 Å². The second kappa shape index (κ2) is 10.8. The Morgan fingerprint density at radius 2 is 2.00 bits per heavy atom. The molecule has 0 fully saturated rings. The van der Waals surface area contributed by atoms with Gasteiger partial charge in [-0.25, -0.2) is 0 Å². The van der Waals surface area contributed by atoms with Crippen LogP contribution in [0.2, 0.25) is 0 Å². The topological polar surface area (TPSA) is 41.3 Å². The minimum absolute atomic E-state index is 0.773. The Labute approximate surface area is 187 Å². The minimum atomic E-state index is 0.773. The van der Waals surface area contributed by atoms with Gasteiger partial charge in [0.25, 0.3) is 0 Å².